The molecule has 1 aromatic carbocycles. The van der Waals surface area contributed by atoms with E-state index in [0.717, 1.165) is 63.4 Å². The average molecular weight is 416 g/mol. The normalized spacial score (nSPS) is 19.7. The molecule has 1 aromatic rings. The predicted octanol–water partition coefficient (Wildman–Crippen LogP) is 6.59. The molecule has 2 unspecified atom stereocenters. The second kappa shape index (κ2) is 11.5. The fourth-order valence-electron chi connectivity index (χ4n) is 4.81. The molecule has 168 valence electrons. The van der Waals surface area contributed by atoms with Gasteiger partial charge in [0, 0.05) is 18.7 Å². The summed E-state index contributed by atoms with van der Waals surface area (Å²) in [6.45, 7) is 11.6. The summed E-state index contributed by atoms with van der Waals surface area (Å²) in [6.07, 6.45) is 8.19. The Bertz CT molecular complexity index is 714. The van der Waals surface area contributed by atoms with Crippen molar-refractivity contribution in [3.05, 3.63) is 34.9 Å². The zero-order chi connectivity index (χ0) is 22.1. The fraction of sp³-hybridized carbons (Fsp3) is 0.692. The summed E-state index contributed by atoms with van der Waals surface area (Å²) in [4.78, 5) is 28.1. The molecule has 1 aliphatic heterocycles. The highest BCUT2D eigenvalue weighted by molar-refractivity contribution is 6.01. The largest absolute Gasteiger partial charge is 0.446 e. The Labute approximate surface area is 183 Å². The number of likely N-dealkylation sites (tertiary alicyclic amines) is 1. The van der Waals surface area contributed by atoms with E-state index in [2.05, 4.69) is 39.8 Å². The standard InChI is InChI=1S/C26H41NO3/c1-6-10-20(5)30-25(29)27-17-16-26(19-27,15-9-4)24(28)23-14-13-21(11-7-2)22(18-23)12-8-3/h13-14,18,20H,6-12,15-17,19H2,1-5H3. The number of carbonyl (C=O) groups is 2. The topological polar surface area (TPSA) is 46.6 Å². The van der Waals surface area contributed by atoms with E-state index < -0.39 is 5.41 Å². The van der Waals surface area contributed by atoms with Crippen LogP contribution in [-0.2, 0) is 17.6 Å². The van der Waals surface area contributed by atoms with Crippen LogP contribution in [0.4, 0.5) is 4.79 Å². The van der Waals surface area contributed by atoms with Crippen LogP contribution in [-0.4, -0.2) is 36.0 Å². The highest BCUT2D eigenvalue weighted by atomic mass is 16.6. The molecule has 1 fully saturated rings. The minimum Gasteiger partial charge on any atom is -0.446 e. The summed E-state index contributed by atoms with van der Waals surface area (Å²) < 4.78 is 5.60. The Balaban J connectivity index is 2.22. The van der Waals surface area contributed by atoms with Gasteiger partial charge in [-0.2, -0.15) is 0 Å². The Morgan fingerprint density at radius 2 is 1.73 bits per heavy atom. The lowest BCUT2D eigenvalue weighted by Gasteiger charge is -2.28. The van der Waals surface area contributed by atoms with Crippen molar-refractivity contribution in [3.63, 3.8) is 0 Å². The van der Waals surface area contributed by atoms with Gasteiger partial charge in [-0.05, 0) is 56.2 Å². The number of aryl methyl sites for hydroxylation is 2. The van der Waals surface area contributed by atoms with Gasteiger partial charge < -0.3 is 9.64 Å². The quantitative estimate of drug-likeness (QED) is 0.383. The highest BCUT2D eigenvalue weighted by Crippen LogP contribution is 2.39. The van der Waals surface area contributed by atoms with Crippen molar-refractivity contribution in [2.45, 2.75) is 98.5 Å². The van der Waals surface area contributed by atoms with E-state index >= 15 is 0 Å². The minimum atomic E-state index is -0.489. The van der Waals surface area contributed by atoms with Crippen molar-refractivity contribution in [3.8, 4) is 0 Å². The number of Topliss-reactive ketones (excluding diaryl/α,β-unsaturated/α-hetero) is 1. The van der Waals surface area contributed by atoms with Gasteiger partial charge in [0.25, 0.3) is 0 Å². The smallest absolute Gasteiger partial charge is 0.410 e. The zero-order valence-electron chi connectivity index (χ0n) is 19.8. The maximum Gasteiger partial charge on any atom is 0.410 e. The molecule has 0 saturated carbocycles. The van der Waals surface area contributed by atoms with E-state index in [1.165, 1.54) is 11.1 Å². The predicted molar refractivity (Wildman–Crippen MR) is 123 cm³/mol. The molecule has 1 amide bonds. The third kappa shape index (κ3) is 5.86. The van der Waals surface area contributed by atoms with Crippen molar-refractivity contribution >= 4 is 11.9 Å². The van der Waals surface area contributed by atoms with Gasteiger partial charge in [0.15, 0.2) is 5.78 Å². The third-order valence-corrected chi connectivity index (χ3v) is 6.33. The number of carbonyl (C=O) groups excluding carboxylic acids is 2. The van der Waals surface area contributed by atoms with Crippen LogP contribution in [0.1, 0.15) is 101 Å². The molecule has 0 N–H and O–H groups in total. The summed E-state index contributed by atoms with van der Waals surface area (Å²) >= 11 is 0. The molecular weight excluding hydrogens is 374 g/mol. The third-order valence-electron chi connectivity index (χ3n) is 6.33. The second-order valence-corrected chi connectivity index (χ2v) is 9.00. The van der Waals surface area contributed by atoms with Gasteiger partial charge in [-0.1, -0.05) is 65.5 Å². The zero-order valence-corrected chi connectivity index (χ0v) is 19.8. The first kappa shape index (κ1) is 24.4. The van der Waals surface area contributed by atoms with Crippen molar-refractivity contribution < 1.29 is 14.3 Å². The number of ether oxygens (including phenoxy) is 1. The van der Waals surface area contributed by atoms with Crippen molar-refractivity contribution in [1.29, 1.82) is 0 Å². The summed E-state index contributed by atoms with van der Waals surface area (Å²) in [5, 5.41) is 0. The van der Waals surface area contributed by atoms with Crippen LogP contribution in [0, 0.1) is 5.41 Å². The maximum absolute atomic E-state index is 13.7. The van der Waals surface area contributed by atoms with Crippen LogP contribution < -0.4 is 0 Å². The molecule has 30 heavy (non-hydrogen) atoms. The molecule has 1 aliphatic rings. The van der Waals surface area contributed by atoms with Crippen molar-refractivity contribution in [2.24, 2.45) is 5.41 Å². The molecule has 2 atom stereocenters. The molecule has 0 spiro atoms. The minimum absolute atomic E-state index is 0.0814. The molecule has 0 aromatic heterocycles. The van der Waals surface area contributed by atoms with Gasteiger partial charge in [-0.25, -0.2) is 4.79 Å². The van der Waals surface area contributed by atoms with E-state index in [9.17, 15) is 9.59 Å². The Kier molecular flexibility index (Phi) is 9.38. The van der Waals surface area contributed by atoms with Crippen LogP contribution in [0.25, 0.3) is 0 Å². The first-order valence-corrected chi connectivity index (χ1v) is 12.0. The van der Waals surface area contributed by atoms with Gasteiger partial charge in [0.05, 0.1) is 5.41 Å². The van der Waals surface area contributed by atoms with E-state index in [1.54, 1.807) is 4.90 Å². The number of ketones is 1. The molecule has 0 radical (unpaired) electrons. The number of benzene rings is 1. The average Bonchev–Trinajstić information content (AvgIpc) is 3.15. The van der Waals surface area contributed by atoms with E-state index in [0.29, 0.717) is 13.1 Å². The van der Waals surface area contributed by atoms with Crippen LogP contribution in [0.15, 0.2) is 18.2 Å². The van der Waals surface area contributed by atoms with Crippen LogP contribution >= 0.6 is 0 Å². The van der Waals surface area contributed by atoms with E-state index in [1.807, 2.05) is 13.0 Å². The number of hydrogen-bond donors (Lipinski definition) is 0. The summed E-state index contributed by atoms with van der Waals surface area (Å²) in [5.74, 6) is 0.196. The molecular formula is C26H41NO3. The highest BCUT2D eigenvalue weighted by Gasteiger charge is 2.46. The lowest BCUT2D eigenvalue weighted by atomic mass is 9.75. The van der Waals surface area contributed by atoms with Crippen LogP contribution in [0.5, 0.6) is 0 Å². The Morgan fingerprint density at radius 3 is 2.37 bits per heavy atom. The number of nitrogens with zero attached hydrogens (tertiary/aromatic N) is 1. The van der Waals surface area contributed by atoms with Gasteiger partial charge in [0.1, 0.15) is 6.10 Å². The van der Waals surface area contributed by atoms with Gasteiger partial charge in [-0.3, -0.25) is 4.79 Å². The lowest BCUT2D eigenvalue weighted by molar-refractivity contribution is 0.0648. The van der Waals surface area contributed by atoms with Gasteiger partial charge in [0.2, 0.25) is 0 Å². The van der Waals surface area contributed by atoms with Crippen molar-refractivity contribution in [2.75, 3.05) is 13.1 Å². The van der Waals surface area contributed by atoms with Crippen LogP contribution in [0.2, 0.25) is 0 Å². The number of rotatable bonds is 11. The van der Waals surface area contributed by atoms with Crippen molar-refractivity contribution in [1.82, 2.24) is 4.90 Å². The lowest BCUT2D eigenvalue weighted by Crippen LogP contribution is -2.38. The molecule has 4 heteroatoms. The van der Waals surface area contributed by atoms with Crippen LogP contribution in [0.3, 0.4) is 0 Å². The number of hydrogen-bond acceptors (Lipinski definition) is 3. The molecule has 1 saturated heterocycles. The molecule has 2 rings (SSSR count). The monoisotopic (exact) mass is 415 g/mol. The molecule has 0 aliphatic carbocycles. The summed E-state index contributed by atoms with van der Waals surface area (Å²) in [7, 11) is 0. The molecule has 4 nitrogen and oxygen atoms in total. The first-order chi connectivity index (χ1) is 14.4. The first-order valence-electron chi connectivity index (χ1n) is 12.0. The summed E-state index contributed by atoms with van der Waals surface area (Å²) in [5.41, 5.74) is 2.99. The SMILES string of the molecule is CCCc1ccc(C(=O)C2(CCC)CCN(C(=O)OC(C)CCC)C2)cc1CCC. The van der Waals surface area contributed by atoms with E-state index in [-0.39, 0.29) is 18.0 Å². The van der Waals surface area contributed by atoms with Gasteiger partial charge >= 0.3 is 6.09 Å². The summed E-state index contributed by atoms with van der Waals surface area (Å²) in [6, 6.07) is 6.28. The van der Waals surface area contributed by atoms with E-state index in [4.69, 9.17) is 4.74 Å². The second-order valence-electron chi connectivity index (χ2n) is 9.00. The fourth-order valence-corrected chi connectivity index (χ4v) is 4.81. The maximum atomic E-state index is 13.7. The Hall–Kier alpha value is -1.84. The molecule has 1 heterocycles. The Morgan fingerprint density at radius 1 is 1.03 bits per heavy atom. The van der Waals surface area contributed by atoms with Gasteiger partial charge in [-0.15, -0.1) is 0 Å². The molecule has 0 bridgehead atoms. The number of amides is 1.